The highest BCUT2D eigenvalue weighted by Crippen LogP contribution is 2.25. The van der Waals surface area contributed by atoms with Gasteiger partial charge in [0.05, 0.1) is 12.0 Å². The van der Waals surface area contributed by atoms with E-state index in [0.29, 0.717) is 12.1 Å². The molecule has 0 saturated heterocycles. The van der Waals surface area contributed by atoms with Crippen molar-refractivity contribution < 1.29 is 0 Å². The Morgan fingerprint density at radius 3 is 2.64 bits per heavy atom. The summed E-state index contributed by atoms with van der Waals surface area (Å²) in [5.74, 6) is 0.990. The van der Waals surface area contributed by atoms with Gasteiger partial charge >= 0.3 is 0 Å². The summed E-state index contributed by atoms with van der Waals surface area (Å²) in [5.41, 5.74) is 0. The van der Waals surface area contributed by atoms with Crippen LogP contribution in [0.1, 0.15) is 46.5 Å². The number of nitrogens with one attached hydrogen (secondary N) is 1. The maximum atomic E-state index is 8.94. The number of rotatable bonds is 4. The van der Waals surface area contributed by atoms with Crippen molar-refractivity contribution in [3.8, 4) is 6.07 Å². The van der Waals surface area contributed by atoms with Crippen LogP contribution in [0.3, 0.4) is 0 Å². The third kappa shape index (κ3) is 3.31. The van der Waals surface area contributed by atoms with E-state index in [1.165, 1.54) is 19.3 Å². The standard InChI is InChI=1S/C12H22N2/c1-9(2)7-10(3)14-12-6-4-5-11(12)8-13/h9-12,14H,4-7H2,1-3H3. The number of nitriles is 1. The molecule has 0 amide bonds. The van der Waals surface area contributed by atoms with Crippen molar-refractivity contribution in [1.29, 1.82) is 5.26 Å². The second-order valence-electron chi connectivity index (χ2n) is 4.97. The number of hydrogen-bond acceptors (Lipinski definition) is 2. The number of nitrogens with zero attached hydrogens (tertiary/aromatic N) is 1. The first-order chi connectivity index (χ1) is 6.63. The van der Waals surface area contributed by atoms with E-state index in [9.17, 15) is 0 Å². The molecule has 0 spiro atoms. The second-order valence-corrected chi connectivity index (χ2v) is 4.97. The van der Waals surface area contributed by atoms with E-state index >= 15 is 0 Å². The molecule has 1 aliphatic rings. The molecule has 2 heteroatoms. The zero-order chi connectivity index (χ0) is 10.6. The molecule has 3 unspecified atom stereocenters. The van der Waals surface area contributed by atoms with E-state index in [1.54, 1.807) is 0 Å². The van der Waals surface area contributed by atoms with Crippen LogP contribution in [0.15, 0.2) is 0 Å². The summed E-state index contributed by atoms with van der Waals surface area (Å²) in [5, 5.41) is 12.5. The van der Waals surface area contributed by atoms with Crippen molar-refractivity contribution in [1.82, 2.24) is 5.32 Å². The van der Waals surface area contributed by atoms with E-state index in [4.69, 9.17) is 5.26 Å². The van der Waals surface area contributed by atoms with Crippen LogP contribution in [0.5, 0.6) is 0 Å². The van der Waals surface area contributed by atoms with Gasteiger partial charge in [-0.3, -0.25) is 0 Å². The molecule has 1 rings (SSSR count). The molecule has 0 aliphatic heterocycles. The van der Waals surface area contributed by atoms with Gasteiger partial charge in [-0.15, -0.1) is 0 Å². The molecular formula is C12H22N2. The third-order valence-electron chi connectivity index (χ3n) is 3.01. The Hall–Kier alpha value is -0.550. The summed E-state index contributed by atoms with van der Waals surface area (Å²) >= 11 is 0. The predicted octanol–water partition coefficient (Wildman–Crippen LogP) is 2.70. The van der Waals surface area contributed by atoms with Crippen LogP contribution in [0.25, 0.3) is 0 Å². The van der Waals surface area contributed by atoms with Crippen molar-refractivity contribution in [2.24, 2.45) is 11.8 Å². The minimum Gasteiger partial charge on any atom is -0.310 e. The van der Waals surface area contributed by atoms with Crippen molar-refractivity contribution in [3.63, 3.8) is 0 Å². The highest BCUT2D eigenvalue weighted by atomic mass is 15.0. The fraction of sp³-hybridized carbons (Fsp3) is 0.917. The van der Waals surface area contributed by atoms with Gasteiger partial charge in [0, 0.05) is 12.1 Å². The van der Waals surface area contributed by atoms with E-state index in [-0.39, 0.29) is 5.92 Å². The Kier molecular flexibility index (Phi) is 4.41. The topological polar surface area (TPSA) is 35.8 Å². The molecule has 14 heavy (non-hydrogen) atoms. The van der Waals surface area contributed by atoms with Crippen LogP contribution < -0.4 is 5.32 Å². The molecule has 1 N–H and O–H groups in total. The van der Waals surface area contributed by atoms with Gasteiger partial charge in [0.2, 0.25) is 0 Å². The first-order valence-electron chi connectivity index (χ1n) is 5.79. The van der Waals surface area contributed by atoms with Gasteiger partial charge in [0.1, 0.15) is 0 Å². The highest BCUT2D eigenvalue weighted by Gasteiger charge is 2.27. The molecule has 1 saturated carbocycles. The minimum atomic E-state index is 0.254. The lowest BCUT2D eigenvalue weighted by Gasteiger charge is -2.22. The summed E-state index contributed by atoms with van der Waals surface area (Å²) in [6, 6.07) is 3.41. The van der Waals surface area contributed by atoms with Crippen LogP contribution in [0.2, 0.25) is 0 Å². The summed E-state index contributed by atoms with van der Waals surface area (Å²) < 4.78 is 0. The Morgan fingerprint density at radius 2 is 2.07 bits per heavy atom. The molecule has 3 atom stereocenters. The Morgan fingerprint density at radius 1 is 1.36 bits per heavy atom. The monoisotopic (exact) mass is 194 g/mol. The lowest BCUT2D eigenvalue weighted by molar-refractivity contribution is 0.367. The van der Waals surface area contributed by atoms with Gasteiger partial charge in [-0.2, -0.15) is 5.26 Å². The zero-order valence-electron chi connectivity index (χ0n) is 9.59. The van der Waals surface area contributed by atoms with Crippen molar-refractivity contribution in [3.05, 3.63) is 0 Å². The fourth-order valence-corrected chi connectivity index (χ4v) is 2.45. The van der Waals surface area contributed by atoms with Crippen molar-refractivity contribution in [2.75, 3.05) is 0 Å². The highest BCUT2D eigenvalue weighted by molar-refractivity contribution is 4.97. The van der Waals surface area contributed by atoms with Crippen LogP contribution in [-0.2, 0) is 0 Å². The van der Waals surface area contributed by atoms with Crippen LogP contribution >= 0.6 is 0 Å². The second kappa shape index (κ2) is 5.36. The summed E-state index contributed by atoms with van der Waals surface area (Å²) in [6.45, 7) is 6.72. The minimum absolute atomic E-state index is 0.254. The molecule has 0 aromatic rings. The quantitative estimate of drug-likeness (QED) is 0.747. The summed E-state index contributed by atoms with van der Waals surface area (Å²) in [4.78, 5) is 0. The molecule has 0 aromatic heterocycles. The Labute approximate surface area is 87.7 Å². The average Bonchev–Trinajstić information content (AvgIpc) is 2.50. The first kappa shape index (κ1) is 11.5. The fourth-order valence-electron chi connectivity index (χ4n) is 2.45. The van der Waals surface area contributed by atoms with Gasteiger partial charge in [-0.25, -0.2) is 0 Å². The molecule has 0 radical (unpaired) electrons. The van der Waals surface area contributed by atoms with Crippen molar-refractivity contribution >= 4 is 0 Å². The van der Waals surface area contributed by atoms with Crippen LogP contribution in [-0.4, -0.2) is 12.1 Å². The van der Waals surface area contributed by atoms with Gasteiger partial charge in [0.15, 0.2) is 0 Å². The van der Waals surface area contributed by atoms with E-state index in [2.05, 4.69) is 32.2 Å². The van der Waals surface area contributed by atoms with Gasteiger partial charge in [0.25, 0.3) is 0 Å². The van der Waals surface area contributed by atoms with E-state index in [1.807, 2.05) is 0 Å². The average molecular weight is 194 g/mol. The van der Waals surface area contributed by atoms with Crippen LogP contribution in [0, 0.1) is 23.2 Å². The molecule has 1 fully saturated rings. The largest absolute Gasteiger partial charge is 0.310 e. The molecule has 80 valence electrons. The molecule has 2 nitrogen and oxygen atoms in total. The summed E-state index contributed by atoms with van der Waals surface area (Å²) in [6.07, 6.45) is 4.68. The van der Waals surface area contributed by atoms with E-state index < -0.39 is 0 Å². The Balaban J connectivity index is 2.32. The molecule has 0 aromatic carbocycles. The molecule has 1 aliphatic carbocycles. The number of hydrogen-bond donors (Lipinski definition) is 1. The normalized spacial score (nSPS) is 29.1. The third-order valence-corrected chi connectivity index (χ3v) is 3.01. The maximum Gasteiger partial charge on any atom is 0.0672 e. The molecular weight excluding hydrogens is 172 g/mol. The van der Waals surface area contributed by atoms with Crippen molar-refractivity contribution in [2.45, 2.75) is 58.5 Å². The van der Waals surface area contributed by atoms with E-state index in [0.717, 1.165) is 12.3 Å². The SMILES string of the molecule is CC(C)CC(C)NC1CCCC1C#N. The molecule has 0 heterocycles. The lowest BCUT2D eigenvalue weighted by atomic mass is 10.0. The Bertz CT molecular complexity index is 205. The maximum absolute atomic E-state index is 8.94. The summed E-state index contributed by atoms with van der Waals surface area (Å²) in [7, 11) is 0. The molecule has 0 bridgehead atoms. The lowest BCUT2D eigenvalue weighted by Crippen LogP contribution is -2.39. The van der Waals surface area contributed by atoms with Gasteiger partial charge in [-0.05, 0) is 32.1 Å². The smallest absolute Gasteiger partial charge is 0.0672 e. The van der Waals surface area contributed by atoms with Gasteiger partial charge in [-0.1, -0.05) is 20.3 Å². The predicted molar refractivity (Wildman–Crippen MR) is 58.8 cm³/mol. The van der Waals surface area contributed by atoms with Gasteiger partial charge < -0.3 is 5.32 Å². The zero-order valence-corrected chi connectivity index (χ0v) is 9.59. The first-order valence-corrected chi connectivity index (χ1v) is 5.79. The van der Waals surface area contributed by atoms with Crippen LogP contribution in [0.4, 0.5) is 0 Å².